The molecule has 0 radical (unpaired) electrons. The number of allylic oxidation sites excluding steroid dienone is 1. The third-order valence-corrected chi connectivity index (χ3v) is 6.62. The van der Waals surface area contributed by atoms with Crippen LogP contribution in [0.25, 0.3) is 6.08 Å². The Bertz CT molecular complexity index is 1450. The van der Waals surface area contributed by atoms with Gasteiger partial charge >= 0.3 is 5.97 Å². The van der Waals surface area contributed by atoms with E-state index in [1.807, 2.05) is 31.2 Å². The second-order valence-corrected chi connectivity index (χ2v) is 8.91. The number of fused-ring (bicyclic) bond motifs is 1. The van der Waals surface area contributed by atoms with Gasteiger partial charge in [0, 0.05) is 10.6 Å². The summed E-state index contributed by atoms with van der Waals surface area (Å²) >= 11 is 7.54. The van der Waals surface area contributed by atoms with E-state index in [1.54, 1.807) is 31.2 Å². The molecule has 4 rings (SSSR count). The van der Waals surface area contributed by atoms with Gasteiger partial charge in [-0.15, -0.1) is 0 Å². The van der Waals surface area contributed by atoms with Crippen molar-refractivity contribution >= 4 is 35.0 Å². The highest BCUT2D eigenvalue weighted by atomic mass is 35.5. The van der Waals surface area contributed by atoms with Gasteiger partial charge in [-0.2, -0.15) is 0 Å². The van der Waals surface area contributed by atoms with Crippen LogP contribution in [-0.2, 0) is 9.53 Å². The molecule has 2 heterocycles. The van der Waals surface area contributed by atoms with Crippen molar-refractivity contribution in [1.82, 2.24) is 4.57 Å². The molecule has 3 aromatic rings. The minimum atomic E-state index is -0.806. The van der Waals surface area contributed by atoms with E-state index in [0.29, 0.717) is 38.0 Å². The first-order valence-corrected chi connectivity index (χ1v) is 11.7. The summed E-state index contributed by atoms with van der Waals surface area (Å²) in [4.78, 5) is 31.5. The summed E-state index contributed by atoms with van der Waals surface area (Å²) in [5.41, 5.74) is 1.85. The van der Waals surface area contributed by atoms with E-state index in [1.165, 1.54) is 30.1 Å². The molecule has 176 valence electrons. The van der Waals surface area contributed by atoms with Crippen molar-refractivity contribution in [3.8, 4) is 11.5 Å². The van der Waals surface area contributed by atoms with E-state index in [9.17, 15) is 9.59 Å². The van der Waals surface area contributed by atoms with Crippen LogP contribution in [0, 0.1) is 0 Å². The van der Waals surface area contributed by atoms with Crippen LogP contribution in [0.3, 0.4) is 0 Å². The molecule has 1 aliphatic heterocycles. The first-order valence-electron chi connectivity index (χ1n) is 10.5. The van der Waals surface area contributed by atoms with Crippen LogP contribution in [0.5, 0.6) is 11.5 Å². The maximum absolute atomic E-state index is 13.6. The van der Waals surface area contributed by atoms with Gasteiger partial charge in [-0.1, -0.05) is 35.1 Å². The molecule has 0 spiro atoms. The van der Waals surface area contributed by atoms with Crippen LogP contribution in [0.4, 0.5) is 0 Å². The topological polar surface area (TPSA) is 79.1 Å². The highest BCUT2D eigenvalue weighted by Gasteiger charge is 2.35. The van der Waals surface area contributed by atoms with Gasteiger partial charge in [0.05, 0.1) is 36.6 Å². The number of methoxy groups -OCH3 is 2. The zero-order valence-electron chi connectivity index (χ0n) is 19.1. The molecular weight excluding hydrogens is 476 g/mol. The largest absolute Gasteiger partial charge is 0.496 e. The molecule has 0 amide bonds. The van der Waals surface area contributed by atoms with Gasteiger partial charge in [0.2, 0.25) is 0 Å². The molecule has 0 N–H and O–H groups in total. The van der Waals surface area contributed by atoms with Crippen molar-refractivity contribution in [1.29, 1.82) is 0 Å². The number of aromatic nitrogens is 1. The van der Waals surface area contributed by atoms with Crippen LogP contribution in [-0.4, -0.2) is 31.4 Å². The van der Waals surface area contributed by atoms with Gasteiger partial charge in [-0.3, -0.25) is 9.36 Å². The Morgan fingerprint density at radius 2 is 1.94 bits per heavy atom. The molecule has 0 aliphatic carbocycles. The fraction of sp³-hybridized carbons (Fsp3) is 0.240. The first kappa shape index (κ1) is 23.8. The number of hydrogen-bond acceptors (Lipinski definition) is 7. The van der Waals surface area contributed by atoms with Crippen LogP contribution in [0.15, 0.2) is 63.5 Å². The summed E-state index contributed by atoms with van der Waals surface area (Å²) in [5.74, 6) is 0.674. The predicted molar refractivity (Wildman–Crippen MR) is 131 cm³/mol. The first-order chi connectivity index (χ1) is 16.4. The number of benzene rings is 2. The lowest BCUT2D eigenvalue weighted by atomic mass is 9.95. The summed E-state index contributed by atoms with van der Waals surface area (Å²) in [7, 11) is 2.82. The summed E-state index contributed by atoms with van der Waals surface area (Å²) in [6.07, 6.45) is 1.79. The average Bonchev–Trinajstić information content (AvgIpc) is 3.13. The number of nitrogens with zero attached hydrogens (tertiary/aromatic N) is 2. The van der Waals surface area contributed by atoms with Crippen molar-refractivity contribution in [3.05, 3.63) is 89.6 Å². The lowest BCUT2D eigenvalue weighted by Gasteiger charge is -2.25. The normalized spacial score (nSPS) is 15.6. The van der Waals surface area contributed by atoms with Gasteiger partial charge < -0.3 is 14.2 Å². The Morgan fingerprint density at radius 3 is 2.59 bits per heavy atom. The van der Waals surface area contributed by atoms with Crippen molar-refractivity contribution in [2.45, 2.75) is 19.9 Å². The van der Waals surface area contributed by atoms with E-state index in [4.69, 9.17) is 25.8 Å². The maximum Gasteiger partial charge on any atom is 0.338 e. The number of rotatable bonds is 6. The summed E-state index contributed by atoms with van der Waals surface area (Å²) in [5, 5.41) is 0.450. The van der Waals surface area contributed by atoms with Crippen LogP contribution >= 0.6 is 22.9 Å². The Labute approximate surface area is 205 Å². The lowest BCUT2D eigenvalue weighted by molar-refractivity contribution is -0.136. The molecule has 0 saturated heterocycles. The average molecular weight is 499 g/mol. The zero-order valence-corrected chi connectivity index (χ0v) is 20.7. The number of ether oxygens (including phenoxy) is 3. The molecule has 1 aromatic heterocycles. The second-order valence-electron chi connectivity index (χ2n) is 7.46. The van der Waals surface area contributed by atoms with Gasteiger partial charge in [-0.25, -0.2) is 9.79 Å². The van der Waals surface area contributed by atoms with Crippen molar-refractivity contribution in [3.63, 3.8) is 0 Å². The zero-order chi connectivity index (χ0) is 24.4. The quantitative estimate of drug-likeness (QED) is 0.486. The van der Waals surface area contributed by atoms with Crippen molar-refractivity contribution in [2.75, 3.05) is 20.8 Å². The number of esters is 1. The van der Waals surface area contributed by atoms with Crippen molar-refractivity contribution in [2.24, 2.45) is 4.99 Å². The minimum absolute atomic E-state index is 0.253. The minimum Gasteiger partial charge on any atom is -0.496 e. The smallest absolute Gasteiger partial charge is 0.338 e. The van der Waals surface area contributed by atoms with Gasteiger partial charge in [0.1, 0.15) is 17.5 Å². The van der Waals surface area contributed by atoms with Crippen molar-refractivity contribution < 1.29 is 19.0 Å². The molecule has 0 fully saturated rings. The number of carbonyl (C=O) groups excluding carboxylic acids is 1. The molecule has 7 nitrogen and oxygen atoms in total. The van der Waals surface area contributed by atoms with E-state index in [-0.39, 0.29) is 11.1 Å². The summed E-state index contributed by atoms with van der Waals surface area (Å²) in [6.45, 7) is 4.22. The predicted octanol–water partition coefficient (Wildman–Crippen LogP) is 3.47. The SMILES string of the molecule is CCOc1ccc(/C=c2\sc3n(c2=O)[C@H](c2cc(Cl)ccc2OC)C(C(=O)OC)=C(C)N=3)cc1. The van der Waals surface area contributed by atoms with Gasteiger partial charge in [-0.05, 0) is 55.8 Å². The standard InChI is InChI=1S/C25H23ClN2O5S/c1-5-33-17-9-6-15(7-10-17)12-20-23(29)28-22(18-13-16(26)8-11-19(18)31-3)21(24(30)32-4)14(2)27-25(28)34-20/h6-13,22H,5H2,1-4H3/b20-12-/t22-/m1/s1. The van der Waals surface area contributed by atoms with Crippen LogP contribution in [0.2, 0.25) is 5.02 Å². The fourth-order valence-corrected chi connectivity index (χ4v) is 5.11. The molecule has 34 heavy (non-hydrogen) atoms. The molecule has 0 saturated carbocycles. The molecule has 0 unspecified atom stereocenters. The highest BCUT2D eigenvalue weighted by molar-refractivity contribution is 7.07. The number of hydrogen-bond donors (Lipinski definition) is 0. The Balaban J connectivity index is 1.95. The van der Waals surface area contributed by atoms with E-state index in [2.05, 4.69) is 4.99 Å². The number of carbonyl (C=O) groups is 1. The maximum atomic E-state index is 13.6. The van der Waals surface area contributed by atoms with Crippen LogP contribution in [0.1, 0.15) is 31.0 Å². The van der Waals surface area contributed by atoms with E-state index >= 15 is 0 Å². The second kappa shape index (κ2) is 9.87. The fourth-order valence-electron chi connectivity index (χ4n) is 3.88. The summed E-state index contributed by atoms with van der Waals surface area (Å²) in [6, 6.07) is 11.7. The molecule has 2 aromatic carbocycles. The molecule has 1 aliphatic rings. The van der Waals surface area contributed by atoms with Crippen LogP contribution < -0.4 is 24.4 Å². The third kappa shape index (κ3) is 4.38. The Hall–Kier alpha value is -3.36. The number of halogens is 1. The summed E-state index contributed by atoms with van der Waals surface area (Å²) < 4.78 is 18.1. The third-order valence-electron chi connectivity index (χ3n) is 5.40. The molecule has 9 heteroatoms. The molecule has 0 bridgehead atoms. The lowest BCUT2D eigenvalue weighted by Crippen LogP contribution is -2.40. The monoisotopic (exact) mass is 498 g/mol. The Morgan fingerprint density at radius 1 is 1.21 bits per heavy atom. The van der Waals surface area contributed by atoms with Gasteiger partial charge in [0.25, 0.3) is 5.56 Å². The number of thiazole rings is 1. The molecular formula is C25H23ClN2O5S. The van der Waals surface area contributed by atoms with E-state index in [0.717, 1.165) is 11.3 Å². The molecule has 1 atom stereocenters. The Kier molecular flexibility index (Phi) is 6.90. The highest BCUT2D eigenvalue weighted by Crippen LogP contribution is 2.37. The van der Waals surface area contributed by atoms with Gasteiger partial charge in [0.15, 0.2) is 4.80 Å². The van der Waals surface area contributed by atoms with E-state index < -0.39 is 12.0 Å².